The lowest BCUT2D eigenvalue weighted by Crippen LogP contribution is -2.25. The van der Waals surface area contributed by atoms with E-state index in [1.807, 2.05) is 6.92 Å². The summed E-state index contributed by atoms with van der Waals surface area (Å²) in [6.45, 7) is 2.57. The van der Waals surface area contributed by atoms with Gasteiger partial charge in [0, 0.05) is 30.3 Å². The van der Waals surface area contributed by atoms with E-state index in [0.29, 0.717) is 25.8 Å². The minimum atomic E-state index is 0.0313. The first-order valence-electron chi connectivity index (χ1n) is 9.73. The van der Waals surface area contributed by atoms with Gasteiger partial charge in [0.25, 0.3) is 5.56 Å². The van der Waals surface area contributed by atoms with E-state index < -0.39 is 0 Å². The average Bonchev–Trinajstić information content (AvgIpc) is 3.13. The molecule has 0 N–H and O–H groups in total. The normalized spacial score (nSPS) is 13.5. The minimum absolute atomic E-state index is 0.0313. The summed E-state index contributed by atoms with van der Waals surface area (Å²) < 4.78 is 1.77. The number of hydrogen-bond acceptors (Lipinski definition) is 4. The van der Waals surface area contributed by atoms with Crippen molar-refractivity contribution in [2.75, 3.05) is 0 Å². The molecule has 0 amide bonds. The molecule has 1 aliphatic rings. The van der Waals surface area contributed by atoms with Crippen LogP contribution in [0.15, 0.2) is 28.4 Å². The molecule has 5 heteroatoms. The van der Waals surface area contributed by atoms with Gasteiger partial charge < -0.3 is 0 Å². The van der Waals surface area contributed by atoms with Crippen molar-refractivity contribution in [3.8, 4) is 17.2 Å². The molecule has 1 aromatic carbocycles. The van der Waals surface area contributed by atoms with E-state index in [4.69, 9.17) is 10.2 Å². The number of fused-ring (bicyclic) bond motifs is 2. The maximum atomic E-state index is 13.3. The molecule has 2 aromatic heterocycles. The Morgan fingerprint density at radius 2 is 2.07 bits per heavy atom. The van der Waals surface area contributed by atoms with E-state index in [-0.39, 0.29) is 5.56 Å². The van der Waals surface area contributed by atoms with Crippen LogP contribution in [0.5, 0.6) is 0 Å². The molecule has 0 unspecified atom stereocenters. The molecule has 2 heterocycles. The van der Waals surface area contributed by atoms with Crippen molar-refractivity contribution in [3.05, 3.63) is 50.9 Å². The van der Waals surface area contributed by atoms with Crippen LogP contribution in [0.3, 0.4) is 0 Å². The molecule has 0 bridgehead atoms. The van der Waals surface area contributed by atoms with Gasteiger partial charge in [0.05, 0.1) is 11.5 Å². The molecular weight excluding hydrogens is 354 g/mol. The fourth-order valence-corrected chi connectivity index (χ4v) is 4.95. The summed E-state index contributed by atoms with van der Waals surface area (Å²) in [7, 11) is 0. The van der Waals surface area contributed by atoms with Gasteiger partial charge in [0.15, 0.2) is 0 Å². The number of benzene rings is 1. The van der Waals surface area contributed by atoms with E-state index >= 15 is 0 Å². The van der Waals surface area contributed by atoms with Crippen molar-refractivity contribution >= 4 is 21.6 Å². The lowest BCUT2D eigenvalue weighted by atomic mass is 9.89. The summed E-state index contributed by atoms with van der Waals surface area (Å²) in [6, 6.07) is 8.81. The quantitative estimate of drug-likeness (QED) is 0.596. The molecule has 0 radical (unpaired) electrons. The van der Waals surface area contributed by atoms with Crippen molar-refractivity contribution < 1.29 is 0 Å². The monoisotopic (exact) mass is 377 g/mol. The van der Waals surface area contributed by atoms with Crippen LogP contribution < -0.4 is 5.56 Å². The maximum absolute atomic E-state index is 13.3. The number of aromatic nitrogens is 2. The molecule has 4 rings (SSSR count). The van der Waals surface area contributed by atoms with E-state index in [0.717, 1.165) is 40.0 Å². The van der Waals surface area contributed by atoms with Gasteiger partial charge in [-0.15, -0.1) is 11.3 Å². The van der Waals surface area contributed by atoms with Gasteiger partial charge in [-0.25, -0.2) is 4.98 Å². The highest BCUT2D eigenvalue weighted by atomic mass is 32.1. The molecule has 0 atom stereocenters. The van der Waals surface area contributed by atoms with Gasteiger partial charge in [-0.05, 0) is 48.8 Å². The van der Waals surface area contributed by atoms with Crippen LogP contribution in [0.2, 0.25) is 0 Å². The largest absolute Gasteiger partial charge is 0.296 e. The highest BCUT2D eigenvalue weighted by Crippen LogP contribution is 2.33. The first-order valence-corrected chi connectivity index (χ1v) is 10.6. The molecule has 0 saturated carbocycles. The van der Waals surface area contributed by atoms with Crippen molar-refractivity contribution in [2.45, 2.75) is 58.4 Å². The molecule has 27 heavy (non-hydrogen) atoms. The van der Waals surface area contributed by atoms with Crippen LogP contribution in [-0.2, 0) is 25.8 Å². The van der Waals surface area contributed by atoms with E-state index in [9.17, 15) is 4.79 Å². The van der Waals surface area contributed by atoms with Gasteiger partial charge in [-0.1, -0.05) is 25.1 Å². The SMILES string of the molecule is CCc1nc2scc(-c3ccc4c(c3)CCCC4)c2c(=O)n1CCCC#N. The Morgan fingerprint density at radius 1 is 1.26 bits per heavy atom. The first-order chi connectivity index (χ1) is 13.2. The third-order valence-corrected chi connectivity index (χ3v) is 6.29. The predicted molar refractivity (Wildman–Crippen MR) is 110 cm³/mol. The molecule has 4 nitrogen and oxygen atoms in total. The third-order valence-electron chi connectivity index (χ3n) is 5.42. The van der Waals surface area contributed by atoms with Crippen LogP contribution in [-0.4, -0.2) is 9.55 Å². The minimum Gasteiger partial charge on any atom is -0.296 e. The van der Waals surface area contributed by atoms with Gasteiger partial charge in [-0.2, -0.15) is 5.26 Å². The molecule has 1 aliphatic carbocycles. The van der Waals surface area contributed by atoms with Crippen LogP contribution in [0.4, 0.5) is 0 Å². The van der Waals surface area contributed by atoms with E-state index in [1.165, 1.54) is 24.0 Å². The number of nitrogens with zero attached hydrogens (tertiary/aromatic N) is 3. The zero-order valence-electron chi connectivity index (χ0n) is 15.6. The van der Waals surface area contributed by atoms with Crippen LogP contribution >= 0.6 is 11.3 Å². The van der Waals surface area contributed by atoms with Crippen molar-refractivity contribution in [3.63, 3.8) is 0 Å². The zero-order chi connectivity index (χ0) is 18.8. The molecule has 0 spiro atoms. The Labute approximate surface area is 163 Å². The molecular formula is C22H23N3OS. The van der Waals surface area contributed by atoms with Crippen LogP contribution in [0.25, 0.3) is 21.3 Å². The number of rotatable bonds is 5. The smallest absolute Gasteiger partial charge is 0.262 e. The van der Waals surface area contributed by atoms with Gasteiger partial charge >= 0.3 is 0 Å². The summed E-state index contributed by atoms with van der Waals surface area (Å²) in [5, 5.41) is 11.6. The molecule has 138 valence electrons. The molecule has 0 fully saturated rings. The predicted octanol–water partition coefficient (Wildman–Crippen LogP) is 4.87. The highest BCUT2D eigenvalue weighted by molar-refractivity contribution is 7.17. The number of thiophene rings is 1. The Bertz CT molecular complexity index is 1090. The standard InChI is InChI=1S/C22H23N3OS/c1-2-19-24-21-20(22(26)25(19)12-6-5-11-23)18(14-27-21)17-10-9-15-7-3-4-8-16(15)13-17/h9-10,13-14H,2-8,12H2,1H3. The average molecular weight is 378 g/mol. The van der Waals surface area contributed by atoms with Crippen molar-refractivity contribution in [2.24, 2.45) is 0 Å². The number of aryl methyl sites for hydroxylation is 3. The lowest BCUT2D eigenvalue weighted by Gasteiger charge is -2.16. The fraction of sp³-hybridized carbons (Fsp3) is 0.409. The fourth-order valence-electron chi connectivity index (χ4n) is 4.00. The topological polar surface area (TPSA) is 58.7 Å². The highest BCUT2D eigenvalue weighted by Gasteiger charge is 2.18. The number of nitriles is 1. The second-order valence-electron chi connectivity index (χ2n) is 7.12. The zero-order valence-corrected chi connectivity index (χ0v) is 16.4. The second kappa shape index (κ2) is 7.66. The summed E-state index contributed by atoms with van der Waals surface area (Å²) in [6.07, 6.45) is 6.64. The lowest BCUT2D eigenvalue weighted by molar-refractivity contribution is 0.594. The Morgan fingerprint density at radius 3 is 2.85 bits per heavy atom. The summed E-state index contributed by atoms with van der Waals surface area (Å²) in [4.78, 5) is 18.9. The van der Waals surface area contributed by atoms with E-state index in [1.54, 1.807) is 15.9 Å². The third kappa shape index (κ3) is 3.30. The first kappa shape index (κ1) is 17.9. The van der Waals surface area contributed by atoms with Crippen molar-refractivity contribution in [1.82, 2.24) is 9.55 Å². The summed E-state index contributed by atoms with van der Waals surface area (Å²) >= 11 is 1.55. The van der Waals surface area contributed by atoms with Gasteiger partial charge in [0.2, 0.25) is 0 Å². The Hall–Kier alpha value is -2.45. The number of hydrogen-bond donors (Lipinski definition) is 0. The molecule has 0 aliphatic heterocycles. The Kier molecular flexibility index (Phi) is 5.09. The van der Waals surface area contributed by atoms with Gasteiger partial charge in [-0.3, -0.25) is 9.36 Å². The van der Waals surface area contributed by atoms with Crippen molar-refractivity contribution in [1.29, 1.82) is 5.26 Å². The van der Waals surface area contributed by atoms with E-state index in [2.05, 4.69) is 29.6 Å². The Balaban J connectivity index is 1.84. The van der Waals surface area contributed by atoms with Crippen LogP contribution in [0, 0.1) is 11.3 Å². The second-order valence-corrected chi connectivity index (χ2v) is 7.98. The molecule has 3 aromatic rings. The molecule has 0 saturated heterocycles. The summed E-state index contributed by atoms with van der Waals surface area (Å²) in [5.74, 6) is 0.810. The maximum Gasteiger partial charge on any atom is 0.262 e. The van der Waals surface area contributed by atoms with Crippen LogP contribution in [0.1, 0.15) is 49.6 Å². The van der Waals surface area contributed by atoms with Gasteiger partial charge in [0.1, 0.15) is 10.7 Å². The number of unbranched alkanes of at least 4 members (excludes halogenated alkanes) is 1. The summed E-state index contributed by atoms with van der Waals surface area (Å²) in [5.41, 5.74) is 5.02.